The van der Waals surface area contributed by atoms with Gasteiger partial charge >= 0.3 is 0 Å². The molecule has 1 aromatic carbocycles. The first-order valence-electron chi connectivity index (χ1n) is 6.40. The average molecular weight is 238 g/mol. The van der Waals surface area contributed by atoms with Crippen molar-refractivity contribution in [3.8, 4) is 0 Å². The SMILES string of the molecule is O=C1N=CC=C1c1ccc(C23CNCC2C3)cc1. The molecular weight excluding hydrogens is 224 g/mol. The number of piperidine rings is 1. The predicted molar refractivity (Wildman–Crippen MR) is 70.6 cm³/mol. The molecule has 2 aliphatic heterocycles. The molecule has 2 fully saturated rings. The van der Waals surface area contributed by atoms with Crippen molar-refractivity contribution in [2.24, 2.45) is 10.9 Å². The second kappa shape index (κ2) is 3.39. The Hall–Kier alpha value is -1.74. The summed E-state index contributed by atoms with van der Waals surface area (Å²) in [4.78, 5) is 15.3. The maximum Gasteiger partial charge on any atom is 0.277 e. The summed E-state index contributed by atoms with van der Waals surface area (Å²) in [6.07, 6.45) is 4.67. The van der Waals surface area contributed by atoms with Crippen molar-refractivity contribution >= 4 is 17.7 Å². The Kier molecular flexibility index (Phi) is 1.92. The first-order chi connectivity index (χ1) is 8.79. The van der Waals surface area contributed by atoms with E-state index < -0.39 is 0 Å². The fourth-order valence-corrected chi connectivity index (χ4v) is 3.31. The van der Waals surface area contributed by atoms with E-state index in [0.717, 1.165) is 24.6 Å². The monoisotopic (exact) mass is 238 g/mol. The Morgan fingerprint density at radius 2 is 2.11 bits per heavy atom. The van der Waals surface area contributed by atoms with E-state index in [-0.39, 0.29) is 5.91 Å². The molecule has 90 valence electrons. The van der Waals surface area contributed by atoms with Crippen LogP contribution in [0.4, 0.5) is 0 Å². The molecule has 3 aliphatic rings. The molecule has 2 unspecified atom stereocenters. The van der Waals surface area contributed by atoms with Crippen molar-refractivity contribution in [3.63, 3.8) is 0 Å². The van der Waals surface area contributed by atoms with Crippen molar-refractivity contribution in [1.82, 2.24) is 5.32 Å². The van der Waals surface area contributed by atoms with Gasteiger partial charge in [0.2, 0.25) is 0 Å². The molecule has 2 heterocycles. The van der Waals surface area contributed by atoms with Crippen LogP contribution < -0.4 is 5.32 Å². The minimum atomic E-state index is -0.132. The van der Waals surface area contributed by atoms with Gasteiger partial charge in [0, 0.05) is 18.2 Å². The van der Waals surface area contributed by atoms with Gasteiger partial charge in [-0.1, -0.05) is 24.3 Å². The third kappa shape index (κ3) is 1.28. The molecule has 0 radical (unpaired) electrons. The number of hydrogen-bond donors (Lipinski definition) is 1. The van der Waals surface area contributed by atoms with Gasteiger partial charge in [-0.25, -0.2) is 4.99 Å². The topological polar surface area (TPSA) is 41.5 Å². The normalized spacial score (nSPS) is 32.6. The lowest BCUT2D eigenvalue weighted by Crippen LogP contribution is -2.19. The summed E-state index contributed by atoms with van der Waals surface area (Å²) in [5.41, 5.74) is 3.48. The van der Waals surface area contributed by atoms with Gasteiger partial charge in [0.25, 0.3) is 5.91 Å². The van der Waals surface area contributed by atoms with E-state index in [1.165, 1.54) is 12.0 Å². The van der Waals surface area contributed by atoms with E-state index in [2.05, 4.69) is 34.6 Å². The van der Waals surface area contributed by atoms with Gasteiger partial charge in [-0.15, -0.1) is 0 Å². The molecule has 1 saturated carbocycles. The standard InChI is InChI=1S/C15H14N2O/c18-14-13(5-6-17-14)10-1-3-11(4-2-10)15-7-12(15)8-16-9-15/h1-6,12,16H,7-9H2. The Morgan fingerprint density at radius 3 is 2.67 bits per heavy atom. The second-order valence-corrected chi connectivity index (χ2v) is 5.43. The Morgan fingerprint density at radius 1 is 1.28 bits per heavy atom. The Balaban J connectivity index is 1.65. The van der Waals surface area contributed by atoms with Crippen LogP contribution >= 0.6 is 0 Å². The molecule has 2 atom stereocenters. The summed E-state index contributed by atoms with van der Waals surface area (Å²) >= 11 is 0. The van der Waals surface area contributed by atoms with Crippen LogP contribution in [0.2, 0.25) is 0 Å². The Bertz CT molecular complexity index is 585. The van der Waals surface area contributed by atoms with Crippen molar-refractivity contribution in [2.75, 3.05) is 13.1 Å². The van der Waals surface area contributed by atoms with Gasteiger partial charge in [-0.2, -0.15) is 0 Å². The highest BCUT2D eigenvalue weighted by Gasteiger charge is 2.57. The first kappa shape index (κ1) is 10.2. The zero-order valence-electron chi connectivity index (χ0n) is 10.0. The van der Waals surface area contributed by atoms with Gasteiger partial charge in [0.1, 0.15) is 0 Å². The number of fused-ring (bicyclic) bond motifs is 1. The third-order valence-corrected chi connectivity index (χ3v) is 4.50. The van der Waals surface area contributed by atoms with Crippen LogP contribution in [0, 0.1) is 5.92 Å². The number of nitrogens with zero attached hydrogens (tertiary/aromatic N) is 1. The third-order valence-electron chi connectivity index (χ3n) is 4.50. The summed E-state index contributed by atoms with van der Waals surface area (Å²) in [6, 6.07) is 8.45. The van der Waals surface area contributed by atoms with E-state index >= 15 is 0 Å². The van der Waals surface area contributed by atoms with Crippen LogP contribution in [0.1, 0.15) is 17.5 Å². The maximum absolute atomic E-state index is 11.5. The first-order valence-corrected chi connectivity index (χ1v) is 6.40. The zero-order valence-corrected chi connectivity index (χ0v) is 10.0. The van der Waals surface area contributed by atoms with E-state index in [1.54, 1.807) is 12.3 Å². The number of allylic oxidation sites excluding steroid dienone is 1. The largest absolute Gasteiger partial charge is 0.316 e. The van der Waals surface area contributed by atoms with E-state index in [9.17, 15) is 4.79 Å². The molecule has 1 aliphatic carbocycles. The molecule has 1 aromatic rings. The number of rotatable bonds is 2. The lowest BCUT2D eigenvalue weighted by Gasteiger charge is -2.12. The average Bonchev–Trinajstić information content (AvgIpc) is 2.74. The molecule has 1 N–H and O–H groups in total. The van der Waals surface area contributed by atoms with E-state index in [1.807, 2.05) is 0 Å². The quantitative estimate of drug-likeness (QED) is 0.849. The smallest absolute Gasteiger partial charge is 0.277 e. The van der Waals surface area contributed by atoms with Crippen LogP contribution in [-0.2, 0) is 10.2 Å². The number of nitrogens with one attached hydrogen (secondary N) is 1. The number of benzene rings is 1. The zero-order chi connectivity index (χ0) is 12.2. The molecule has 0 spiro atoms. The van der Waals surface area contributed by atoms with Crippen molar-refractivity contribution in [2.45, 2.75) is 11.8 Å². The highest BCUT2D eigenvalue weighted by Crippen LogP contribution is 2.56. The fraction of sp³-hybridized carbons (Fsp3) is 0.333. The number of amides is 1. The predicted octanol–water partition coefficient (Wildman–Crippen LogP) is 1.54. The summed E-state index contributed by atoms with van der Waals surface area (Å²) in [5.74, 6) is 0.687. The maximum atomic E-state index is 11.5. The summed E-state index contributed by atoms with van der Waals surface area (Å²) in [6.45, 7) is 2.25. The van der Waals surface area contributed by atoms with E-state index in [4.69, 9.17) is 0 Å². The Labute approximate surface area is 106 Å². The van der Waals surface area contributed by atoms with Gasteiger partial charge in [-0.05, 0) is 36.1 Å². The molecule has 3 nitrogen and oxygen atoms in total. The molecule has 0 aromatic heterocycles. The van der Waals surface area contributed by atoms with Crippen LogP contribution in [0.5, 0.6) is 0 Å². The van der Waals surface area contributed by atoms with Crippen molar-refractivity contribution in [1.29, 1.82) is 0 Å². The number of carbonyl (C=O) groups excluding carboxylic acids is 1. The summed E-state index contributed by atoms with van der Waals surface area (Å²) in [5, 5.41) is 3.45. The lowest BCUT2D eigenvalue weighted by molar-refractivity contribution is -0.112. The highest BCUT2D eigenvalue weighted by molar-refractivity contribution is 6.28. The van der Waals surface area contributed by atoms with Crippen LogP contribution in [-0.4, -0.2) is 25.2 Å². The van der Waals surface area contributed by atoms with Crippen molar-refractivity contribution < 1.29 is 4.79 Å². The number of carbonyl (C=O) groups is 1. The number of aliphatic imine (C=N–C) groups is 1. The molecule has 4 rings (SSSR count). The van der Waals surface area contributed by atoms with Crippen LogP contribution in [0.15, 0.2) is 35.3 Å². The highest BCUT2D eigenvalue weighted by atomic mass is 16.1. The van der Waals surface area contributed by atoms with Gasteiger partial charge in [0.15, 0.2) is 0 Å². The molecule has 0 bridgehead atoms. The molecule has 1 saturated heterocycles. The van der Waals surface area contributed by atoms with E-state index in [0.29, 0.717) is 11.0 Å². The fourth-order valence-electron chi connectivity index (χ4n) is 3.31. The summed E-state index contributed by atoms with van der Waals surface area (Å²) in [7, 11) is 0. The molecule has 1 amide bonds. The minimum absolute atomic E-state index is 0.132. The lowest BCUT2D eigenvalue weighted by atomic mass is 9.93. The minimum Gasteiger partial charge on any atom is -0.316 e. The molecule has 3 heteroatoms. The number of hydrogen-bond acceptors (Lipinski definition) is 2. The van der Waals surface area contributed by atoms with Gasteiger partial charge in [-0.3, -0.25) is 4.79 Å². The summed E-state index contributed by atoms with van der Waals surface area (Å²) < 4.78 is 0. The van der Waals surface area contributed by atoms with Crippen LogP contribution in [0.3, 0.4) is 0 Å². The molecular formula is C15H14N2O. The van der Waals surface area contributed by atoms with Gasteiger partial charge in [0.05, 0.1) is 5.57 Å². The molecule has 18 heavy (non-hydrogen) atoms. The van der Waals surface area contributed by atoms with Crippen LogP contribution in [0.25, 0.3) is 5.57 Å². The van der Waals surface area contributed by atoms with Crippen molar-refractivity contribution in [3.05, 3.63) is 41.5 Å². The second-order valence-electron chi connectivity index (χ2n) is 5.43. The van der Waals surface area contributed by atoms with Gasteiger partial charge < -0.3 is 5.32 Å².